The van der Waals surface area contributed by atoms with Gasteiger partial charge < -0.3 is 11.1 Å². The number of carbonyl (C=O) groups excluding carboxylic acids is 1. The molecule has 0 radical (unpaired) electrons. The molecule has 1 heterocycles. The van der Waals surface area contributed by atoms with Crippen molar-refractivity contribution in [2.75, 3.05) is 0 Å². The first-order chi connectivity index (χ1) is 4.49. The summed E-state index contributed by atoms with van der Waals surface area (Å²) in [5.74, 6) is -0.0891. The molecule has 0 aromatic carbocycles. The van der Waals surface area contributed by atoms with Crippen molar-refractivity contribution in [1.82, 2.24) is 5.32 Å². The van der Waals surface area contributed by atoms with E-state index in [1.54, 1.807) is 0 Å². The van der Waals surface area contributed by atoms with Crippen LogP contribution in [-0.4, -0.2) is 11.4 Å². The third-order valence-corrected chi connectivity index (χ3v) is 1.42. The first-order valence-electron chi connectivity index (χ1n) is 3.28. The molecule has 0 saturated heterocycles. The molecule has 1 amide bonds. The normalized spacial score (nSPS) is 23.4. The van der Waals surface area contributed by atoms with Gasteiger partial charge in [-0.15, -0.1) is 0 Å². The zero-order valence-electron chi connectivity index (χ0n) is 6.27. The van der Waals surface area contributed by atoms with E-state index >= 15 is 0 Å². The van der Waals surface area contributed by atoms with E-state index in [-0.39, 0.29) is 11.4 Å². The molecule has 3 nitrogen and oxygen atoms in total. The van der Waals surface area contributed by atoms with Crippen LogP contribution in [0.2, 0.25) is 0 Å². The van der Waals surface area contributed by atoms with Crippen molar-refractivity contribution < 1.29 is 4.79 Å². The SMILES string of the molecule is CC1(C)CC(N)=CC(=O)N1. The van der Waals surface area contributed by atoms with Crippen LogP contribution < -0.4 is 11.1 Å². The van der Waals surface area contributed by atoms with Gasteiger partial charge in [-0.05, 0) is 13.8 Å². The minimum absolute atomic E-state index is 0.0891. The summed E-state index contributed by atoms with van der Waals surface area (Å²) in [5.41, 5.74) is 5.99. The Morgan fingerprint density at radius 3 is 2.70 bits per heavy atom. The Hall–Kier alpha value is -0.990. The minimum atomic E-state index is -0.171. The van der Waals surface area contributed by atoms with Gasteiger partial charge in [0.25, 0.3) is 0 Å². The molecule has 0 aromatic rings. The predicted molar refractivity (Wildman–Crippen MR) is 39.1 cm³/mol. The second kappa shape index (κ2) is 2.01. The average molecular weight is 140 g/mol. The molecule has 3 N–H and O–H groups in total. The fourth-order valence-corrected chi connectivity index (χ4v) is 1.14. The lowest BCUT2D eigenvalue weighted by Crippen LogP contribution is -2.46. The highest BCUT2D eigenvalue weighted by Crippen LogP contribution is 2.15. The molecule has 0 atom stereocenters. The van der Waals surface area contributed by atoms with E-state index in [9.17, 15) is 4.79 Å². The van der Waals surface area contributed by atoms with Crippen LogP contribution in [0.1, 0.15) is 20.3 Å². The molecule has 1 aliphatic heterocycles. The summed E-state index contributed by atoms with van der Waals surface area (Å²) in [6, 6.07) is 0. The van der Waals surface area contributed by atoms with Gasteiger partial charge in [-0.2, -0.15) is 0 Å². The third kappa shape index (κ3) is 1.50. The Morgan fingerprint density at radius 2 is 2.30 bits per heavy atom. The summed E-state index contributed by atoms with van der Waals surface area (Å²) in [7, 11) is 0. The lowest BCUT2D eigenvalue weighted by atomic mass is 9.95. The molecule has 0 spiro atoms. The Kier molecular flexibility index (Phi) is 1.43. The highest BCUT2D eigenvalue weighted by molar-refractivity contribution is 5.89. The van der Waals surface area contributed by atoms with Crippen LogP contribution in [-0.2, 0) is 4.79 Å². The average Bonchev–Trinajstić information content (AvgIpc) is 1.54. The van der Waals surface area contributed by atoms with Crippen molar-refractivity contribution in [2.45, 2.75) is 25.8 Å². The molecule has 0 aromatic heterocycles. The second-order valence-corrected chi connectivity index (χ2v) is 3.27. The van der Waals surface area contributed by atoms with Crippen molar-refractivity contribution in [3.8, 4) is 0 Å². The highest BCUT2D eigenvalue weighted by Gasteiger charge is 2.24. The first-order valence-corrected chi connectivity index (χ1v) is 3.28. The molecular formula is C7H12N2O. The van der Waals surface area contributed by atoms with Crippen LogP contribution in [0, 0.1) is 0 Å². The third-order valence-electron chi connectivity index (χ3n) is 1.42. The monoisotopic (exact) mass is 140 g/mol. The molecule has 0 fully saturated rings. The summed E-state index contributed by atoms with van der Waals surface area (Å²) in [4.78, 5) is 10.8. The molecule has 56 valence electrons. The quantitative estimate of drug-likeness (QED) is 0.502. The standard InChI is InChI=1S/C7H12N2O/c1-7(2)4-5(8)3-6(10)9-7/h3H,4,8H2,1-2H3,(H,9,10). The van der Waals surface area contributed by atoms with Gasteiger partial charge in [0.05, 0.1) is 0 Å². The maximum atomic E-state index is 10.8. The predicted octanol–water partition coefficient (Wildman–Crippen LogP) is 0.128. The summed E-state index contributed by atoms with van der Waals surface area (Å²) in [5, 5.41) is 2.79. The van der Waals surface area contributed by atoms with Crippen LogP contribution in [0.4, 0.5) is 0 Å². The number of amides is 1. The van der Waals surface area contributed by atoms with Crippen LogP contribution in [0.3, 0.4) is 0 Å². The molecule has 10 heavy (non-hydrogen) atoms. The van der Waals surface area contributed by atoms with Crippen molar-refractivity contribution in [3.63, 3.8) is 0 Å². The number of hydrogen-bond donors (Lipinski definition) is 2. The van der Waals surface area contributed by atoms with Gasteiger partial charge in [0, 0.05) is 23.7 Å². The highest BCUT2D eigenvalue weighted by atomic mass is 16.1. The van der Waals surface area contributed by atoms with E-state index in [4.69, 9.17) is 5.73 Å². The van der Waals surface area contributed by atoms with E-state index in [0.29, 0.717) is 5.70 Å². The van der Waals surface area contributed by atoms with Gasteiger partial charge in [-0.25, -0.2) is 0 Å². The van der Waals surface area contributed by atoms with Gasteiger partial charge in [-0.1, -0.05) is 0 Å². The molecule has 1 aliphatic rings. The molecular weight excluding hydrogens is 128 g/mol. The summed E-state index contributed by atoms with van der Waals surface area (Å²) in [6.45, 7) is 3.90. The summed E-state index contributed by atoms with van der Waals surface area (Å²) >= 11 is 0. The van der Waals surface area contributed by atoms with Crippen LogP contribution in [0.25, 0.3) is 0 Å². The molecule has 0 aliphatic carbocycles. The van der Waals surface area contributed by atoms with Gasteiger partial charge in [0.2, 0.25) is 5.91 Å². The van der Waals surface area contributed by atoms with Crippen LogP contribution in [0.15, 0.2) is 11.8 Å². The fraction of sp³-hybridized carbons (Fsp3) is 0.571. The molecule has 0 unspecified atom stereocenters. The number of carbonyl (C=O) groups is 1. The summed E-state index contributed by atoms with van der Waals surface area (Å²) < 4.78 is 0. The number of nitrogens with two attached hydrogens (primary N) is 1. The van der Waals surface area contributed by atoms with Gasteiger partial charge >= 0.3 is 0 Å². The van der Waals surface area contributed by atoms with Crippen molar-refractivity contribution in [1.29, 1.82) is 0 Å². The molecule has 3 heteroatoms. The van der Waals surface area contributed by atoms with E-state index in [1.807, 2.05) is 13.8 Å². The molecule has 0 saturated carbocycles. The van der Waals surface area contributed by atoms with E-state index < -0.39 is 0 Å². The van der Waals surface area contributed by atoms with Gasteiger partial charge in [0.1, 0.15) is 0 Å². The first kappa shape index (κ1) is 7.12. The summed E-state index contributed by atoms with van der Waals surface area (Å²) in [6.07, 6.45) is 2.17. The molecule has 0 bridgehead atoms. The number of hydrogen-bond acceptors (Lipinski definition) is 2. The smallest absolute Gasteiger partial charge is 0.246 e. The molecule has 1 rings (SSSR count). The Morgan fingerprint density at radius 1 is 1.70 bits per heavy atom. The van der Waals surface area contributed by atoms with Gasteiger partial charge in [-0.3, -0.25) is 4.79 Å². The topological polar surface area (TPSA) is 55.1 Å². The Balaban J connectivity index is 2.80. The fourth-order valence-electron chi connectivity index (χ4n) is 1.14. The van der Waals surface area contributed by atoms with Crippen molar-refractivity contribution in [3.05, 3.63) is 11.8 Å². The number of rotatable bonds is 0. The number of nitrogens with one attached hydrogen (secondary N) is 1. The zero-order chi connectivity index (χ0) is 7.78. The van der Waals surface area contributed by atoms with Crippen molar-refractivity contribution >= 4 is 5.91 Å². The van der Waals surface area contributed by atoms with E-state index in [1.165, 1.54) is 6.08 Å². The van der Waals surface area contributed by atoms with E-state index in [0.717, 1.165) is 6.42 Å². The van der Waals surface area contributed by atoms with Crippen molar-refractivity contribution in [2.24, 2.45) is 5.73 Å². The largest absolute Gasteiger partial charge is 0.402 e. The minimum Gasteiger partial charge on any atom is -0.402 e. The lowest BCUT2D eigenvalue weighted by molar-refractivity contribution is -0.118. The zero-order valence-corrected chi connectivity index (χ0v) is 6.27. The van der Waals surface area contributed by atoms with E-state index in [2.05, 4.69) is 5.32 Å². The lowest BCUT2D eigenvalue weighted by Gasteiger charge is -2.29. The maximum absolute atomic E-state index is 10.8. The second-order valence-electron chi connectivity index (χ2n) is 3.27. The van der Waals surface area contributed by atoms with Crippen LogP contribution >= 0.6 is 0 Å². The van der Waals surface area contributed by atoms with Crippen LogP contribution in [0.5, 0.6) is 0 Å². The Labute approximate surface area is 60.3 Å². The Bertz CT molecular complexity index is 194. The maximum Gasteiger partial charge on any atom is 0.246 e. The van der Waals surface area contributed by atoms with Gasteiger partial charge in [0.15, 0.2) is 0 Å².